The van der Waals surface area contributed by atoms with E-state index in [4.69, 9.17) is 15.2 Å². The van der Waals surface area contributed by atoms with Gasteiger partial charge in [-0.1, -0.05) is 0 Å². The van der Waals surface area contributed by atoms with Gasteiger partial charge in [0, 0.05) is 11.8 Å². The van der Waals surface area contributed by atoms with Crippen LogP contribution in [0.15, 0.2) is 18.2 Å². The summed E-state index contributed by atoms with van der Waals surface area (Å²) in [4.78, 5) is 11.8. The molecule has 0 saturated carbocycles. The summed E-state index contributed by atoms with van der Waals surface area (Å²) in [7, 11) is 0. The standard InChI is InChI=1S/C12H16N2O3S/c1-18-5-4-9(13)12(15)14-8-2-3-10-11(6-8)17-7-16-10/h2-3,6,9H,4-5,7,13H2,1H3,(H,14,15)/t9-/m0/s1. The van der Waals surface area contributed by atoms with Gasteiger partial charge in [0.05, 0.1) is 6.04 Å². The van der Waals surface area contributed by atoms with Gasteiger partial charge in [-0.25, -0.2) is 0 Å². The van der Waals surface area contributed by atoms with Crippen LogP contribution in [0.2, 0.25) is 0 Å². The molecule has 0 aromatic heterocycles. The van der Waals surface area contributed by atoms with Crippen LogP contribution in [0.5, 0.6) is 11.5 Å². The monoisotopic (exact) mass is 268 g/mol. The van der Waals surface area contributed by atoms with Crippen LogP contribution in [0.4, 0.5) is 5.69 Å². The first-order valence-corrected chi connectivity index (χ1v) is 7.05. The summed E-state index contributed by atoms with van der Waals surface area (Å²) in [6.45, 7) is 0.222. The molecule has 3 N–H and O–H groups in total. The summed E-state index contributed by atoms with van der Waals surface area (Å²) in [5.41, 5.74) is 6.45. The summed E-state index contributed by atoms with van der Waals surface area (Å²) < 4.78 is 10.4. The quantitative estimate of drug-likeness (QED) is 0.845. The smallest absolute Gasteiger partial charge is 0.241 e. The van der Waals surface area contributed by atoms with Crippen molar-refractivity contribution >= 4 is 23.4 Å². The molecule has 5 nitrogen and oxygen atoms in total. The van der Waals surface area contributed by atoms with E-state index >= 15 is 0 Å². The minimum absolute atomic E-state index is 0.178. The highest BCUT2D eigenvalue weighted by molar-refractivity contribution is 7.98. The van der Waals surface area contributed by atoms with Gasteiger partial charge in [-0.15, -0.1) is 0 Å². The second-order valence-corrected chi connectivity index (χ2v) is 4.93. The van der Waals surface area contributed by atoms with E-state index in [2.05, 4.69) is 5.32 Å². The Kier molecular flexibility index (Phi) is 4.33. The summed E-state index contributed by atoms with van der Waals surface area (Å²) >= 11 is 1.67. The molecule has 2 rings (SSSR count). The van der Waals surface area contributed by atoms with E-state index in [0.29, 0.717) is 23.6 Å². The number of benzene rings is 1. The second-order valence-electron chi connectivity index (χ2n) is 3.95. The van der Waals surface area contributed by atoms with Crippen LogP contribution in [0.1, 0.15) is 6.42 Å². The average Bonchev–Trinajstić information content (AvgIpc) is 2.83. The van der Waals surface area contributed by atoms with Crippen LogP contribution in [0.25, 0.3) is 0 Å². The van der Waals surface area contributed by atoms with Crippen LogP contribution in [0.3, 0.4) is 0 Å². The molecule has 0 saturated heterocycles. The van der Waals surface area contributed by atoms with Crippen molar-refractivity contribution in [2.24, 2.45) is 5.73 Å². The second kappa shape index (κ2) is 5.97. The number of hydrogen-bond acceptors (Lipinski definition) is 5. The number of fused-ring (bicyclic) bond motifs is 1. The van der Waals surface area contributed by atoms with Crippen molar-refractivity contribution in [1.29, 1.82) is 0 Å². The van der Waals surface area contributed by atoms with Crippen molar-refractivity contribution in [3.05, 3.63) is 18.2 Å². The lowest BCUT2D eigenvalue weighted by Crippen LogP contribution is -2.36. The normalized spacial score (nSPS) is 14.3. The summed E-state index contributed by atoms with van der Waals surface area (Å²) in [6.07, 6.45) is 2.65. The van der Waals surface area contributed by atoms with Crippen molar-refractivity contribution in [2.45, 2.75) is 12.5 Å². The molecule has 1 aliphatic rings. The van der Waals surface area contributed by atoms with Crippen molar-refractivity contribution in [1.82, 2.24) is 0 Å². The lowest BCUT2D eigenvalue weighted by atomic mass is 10.2. The van der Waals surface area contributed by atoms with Crippen LogP contribution >= 0.6 is 11.8 Å². The number of ether oxygens (including phenoxy) is 2. The zero-order valence-electron chi connectivity index (χ0n) is 10.1. The van der Waals surface area contributed by atoms with Gasteiger partial charge >= 0.3 is 0 Å². The Hall–Kier alpha value is -1.40. The Morgan fingerprint density at radius 2 is 2.28 bits per heavy atom. The molecule has 0 spiro atoms. The zero-order chi connectivity index (χ0) is 13.0. The van der Waals surface area contributed by atoms with E-state index in [1.54, 1.807) is 30.0 Å². The number of thioether (sulfide) groups is 1. The maximum absolute atomic E-state index is 11.8. The Morgan fingerprint density at radius 3 is 3.06 bits per heavy atom. The number of amides is 1. The van der Waals surface area contributed by atoms with E-state index in [0.717, 1.165) is 5.75 Å². The highest BCUT2D eigenvalue weighted by Crippen LogP contribution is 2.34. The van der Waals surface area contributed by atoms with Gasteiger partial charge in [0.1, 0.15) is 0 Å². The van der Waals surface area contributed by atoms with Crippen molar-refractivity contribution in [3.8, 4) is 11.5 Å². The first-order valence-electron chi connectivity index (χ1n) is 5.65. The molecule has 18 heavy (non-hydrogen) atoms. The summed E-state index contributed by atoms with van der Waals surface area (Å²) in [6, 6.07) is 4.79. The third-order valence-electron chi connectivity index (χ3n) is 2.61. The van der Waals surface area contributed by atoms with E-state index in [-0.39, 0.29) is 12.7 Å². The molecule has 0 fully saturated rings. The van der Waals surface area contributed by atoms with Gasteiger partial charge in [0.15, 0.2) is 11.5 Å². The molecule has 1 amide bonds. The number of hydrogen-bond donors (Lipinski definition) is 2. The minimum Gasteiger partial charge on any atom is -0.454 e. The van der Waals surface area contributed by atoms with E-state index in [1.807, 2.05) is 6.26 Å². The third kappa shape index (κ3) is 3.08. The molecule has 0 bridgehead atoms. The maximum Gasteiger partial charge on any atom is 0.241 e. The number of nitrogens with one attached hydrogen (secondary N) is 1. The van der Waals surface area contributed by atoms with Crippen LogP contribution in [-0.2, 0) is 4.79 Å². The number of carbonyl (C=O) groups excluding carboxylic acids is 1. The molecular weight excluding hydrogens is 252 g/mol. The number of anilines is 1. The van der Waals surface area contributed by atoms with Crippen LogP contribution in [0, 0.1) is 0 Å². The maximum atomic E-state index is 11.8. The molecule has 1 aromatic rings. The van der Waals surface area contributed by atoms with Gasteiger partial charge in [-0.2, -0.15) is 11.8 Å². The molecule has 6 heteroatoms. The zero-order valence-corrected chi connectivity index (χ0v) is 11.0. The number of nitrogens with two attached hydrogens (primary N) is 1. The fraction of sp³-hybridized carbons (Fsp3) is 0.417. The predicted molar refractivity (Wildman–Crippen MR) is 72.2 cm³/mol. The summed E-state index contributed by atoms with van der Waals surface area (Å²) in [5, 5.41) is 2.77. The van der Waals surface area contributed by atoms with Crippen molar-refractivity contribution < 1.29 is 14.3 Å². The SMILES string of the molecule is CSCC[C@H](N)C(=O)Nc1ccc2c(c1)OCO2. The number of rotatable bonds is 5. The Morgan fingerprint density at radius 1 is 1.50 bits per heavy atom. The first-order chi connectivity index (χ1) is 8.70. The van der Waals surface area contributed by atoms with Gasteiger partial charge in [-0.05, 0) is 30.6 Å². The van der Waals surface area contributed by atoms with E-state index in [9.17, 15) is 4.79 Å². The molecule has 98 valence electrons. The first kappa shape index (κ1) is 13.0. The van der Waals surface area contributed by atoms with Crippen molar-refractivity contribution in [3.63, 3.8) is 0 Å². The Balaban J connectivity index is 1.94. The van der Waals surface area contributed by atoms with Crippen molar-refractivity contribution in [2.75, 3.05) is 24.1 Å². The third-order valence-corrected chi connectivity index (χ3v) is 3.25. The topological polar surface area (TPSA) is 73.6 Å². The van der Waals surface area contributed by atoms with Crippen LogP contribution < -0.4 is 20.5 Å². The fourth-order valence-electron chi connectivity index (χ4n) is 1.59. The average molecular weight is 268 g/mol. The largest absolute Gasteiger partial charge is 0.454 e. The Bertz CT molecular complexity index is 439. The molecule has 1 heterocycles. The highest BCUT2D eigenvalue weighted by Gasteiger charge is 2.16. The fourth-order valence-corrected chi connectivity index (χ4v) is 2.07. The lowest BCUT2D eigenvalue weighted by Gasteiger charge is -2.11. The van der Waals surface area contributed by atoms with Gasteiger partial charge in [-0.3, -0.25) is 4.79 Å². The molecule has 0 radical (unpaired) electrons. The highest BCUT2D eigenvalue weighted by atomic mass is 32.2. The molecule has 1 aromatic carbocycles. The molecule has 0 aliphatic carbocycles. The predicted octanol–water partition coefficient (Wildman–Crippen LogP) is 1.43. The number of carbonyl (C=O) groups is 1. The minimum atomic E-state index is -0.483. The van der Waals surface area contributed by atoms with Gasteiger partial charge in [0.2, 0.25) is 12.7 Å². The molecule has 0 unspecified atom stereocenters. The Labute approximate surface area is 110 Å². The van der Waals surface area contributed by atoms with Gasteiger partial charge in [0.25, 0.3) is 0 Å². The van der Waals surface area contributed by atoms with Crippen LogP contribution in [-0.4, -0.2) is 30.8 Å². The molecular formula is C12H16N2O3S. The molecule has 1 aliphatic heterocycles. The lowest BCUT2D eigenvalue weighted by molar-refractivity contribution is -0.117. The summed E-state index contributed by atoms with van der Waals surface area (Å²) in [5.74, 6) is 2.03. The molecule has 1 atom stereocenters. The van der Waals surface area contributed by atoms with E-state index in [1.165, 1.54) is 0 Å². The van der Waals surface area contributed by atoms with Gasteiger partial charge < -0.3 is 20.5 Å². The van der Waals surface area contributed by atoms with E-state index < -0.39 is 6.04 Å².